The highest BCUT2D eigenvalue weighted by atomic mass is 19.2. The van der Waals surface area contributed by atoms with Crippen LogP contribution in [0.4, 0.5) is 14.5 Å². The van der Waals surface area contributed by atoms with E-state index >= 15 is 0 Å². The molecule has 1 amide bonds. The number of carbonyl (C=O) groups excluding carboxylic acids is 1. The summed E-state index contributed by atoms with van der Waals surface area (Å²) in [5.74, 6) is -2.07. The Morgan fingerprint density at radius 3 is 2.68 bits per heavy atom. The number of carbonyl (C=O) groups is 1. The van der Waals surface area contributed by atoms with Gasteiger partial charge in [-0.2, -0.15) is 0 Å². The maximum Gasteiger partial charge on any atom is 0.251 e. The van der Waals surface area contributed by atoms with Crippen LogP contribution in [0.25, 0.3) is 0 Å². The van der Waals surface area contributed by atoms with Gasteiger partial charge in [0, 0.05) is 29.6 Å². The van der Waals surface area contributed by atoms with Crippen LogP contribution in [0.3, 0.4) is 0 Å². The van der Waals surface area contributed by atoms with Crippen molar-refractivity contribution in [1.29, 1.82) is 5.41 Å². The fourth-order valence-corrected chi connectivity index (χ4v) is 2.97. The molecule has 1 saturated carbocycles. The standard InChI is InChI=1S/C19H19F2N3O/c1-10-6-12(7-16(20)18(10)21)19(25)24-9-15-13(11-2-3-11)4-5-17(23)14(15)8-22/h4-8,11,22H,2-3,9,23H2,1H3,(H,24,25). The number of nitrogens with two attached hydrogens (primary N) is 1. The summed E-state index contributed by atoms with van der Waals surface area (Å²) in [5.41, 5.74) is 9.03. The van der Waals surface area contributed by atoms with E-state index in [2.05, 4.69) is 5.32 Å². The lowest BCUT2D eigenvalue weighted by atomic mass is 9.96. The molecule has 0 bridgehead atoms. The van der Waals surface area contributed by atoms with E-state index in [0.29, 0.717) is 17.2 Å². The normalized spacial score (nSPS) is 13.6. The lowest BCUT2D eigenvalue weighted by Gasteiger charge is -2.15. The fourth-order valence-electron chi connectivity index (χ4n) is 2.97. The fraction of sp³-hybridized carbons (Fsp3) is 0.263. The topological polar surface area (TPSA) is 79.0 Å². The number of rotatable bonds is 5. The number of nitrogen functional groups attached to an aromatic ring is 1. The van der Waals surface area contributed by atoms with Crippen LogP contribution in [0, 0.1) is 24.0 Å². The predicted molar refractivity (Wildman–Crippen MR) is 93.0 cm³/mol. The third-order valence-electron chi connectivity index (χ3n) is 4.49. The van der Waals surface area contributed by atoms with E-state index in [1.54, 1.807) is 6.07 Å². The van der Waals surface area contributed by atoms with Gasteiger partial charge in [-0.25, -0.2) is 8.78 Å². The van der Waals surface area contributed by atoms with Crippen LogP contribution in [0.1, 0.15) is 51.4 Å². The predicted octanol–water partition coefficient (Wildman–Crippen LogP) is 3.66. The molecule has 0 aromatic heterocycles. The summed E-state index contributed by atoms with van der Waals surface area (Å²) in [5, 5.41) is 10.3. The smallest absolute Gasteiger partial charge is 0.251 e. The van der Waals surface area contributed by atoms with Gasteiger partial charge in [0.15, 0.2) is 11.6 Å². The molecule has 0 radical (unpaired) electrons. The average Bonchev–Trinajstić information content (AvgIpc) is 3.42. The second kappa shape index (κ2) is 6.63. The first-order valence-electron chi connectivity index (χ1n) is 8.08. The van der Waals surface area contributed by atoms with E-state index in [1.165, 1.54) is 19.2 Å². The Morgan fingerprint density at radius 1 is 1.36 bits per heavy atom. The van der Waals surface area contributed by atoms with Crippen molar-refractivity contribution in [3.8, 4) is 0 Å². The molecule has 4 N–H and O–H groups in total. The molecule has 2 aromatic carbocycles. The third kappa shape index (κ3) is 3.38. The van der Waals surface area contributed by atoms with Gasteiger partial charge in [0.1, 0.15) is 0 Å². The number of hydrogen-bond donors (Lipinski definition) is 3. The van der Waals surface area contributed by atoms with Gasteiger partial charge in [0.05, 0.1) is 0 Å². The van der Waals surface area contributed by atoms with E-state index in [-0.39, 0.29) is 17.7 Å². The van der Waals surface area contributed by atoms with Crippen molar-refractivity contribution in [2.24, 2.45) is 0 Å². The van der Waals surface area contributed by atoms with Gasteiger partial charge in [-0.1, -0.05) is 6.07 Å². The molecule has 1 fully saturated rings. The molecule has 0 saturated heterocycles. The zero-order valence-electron chi connectivity index (χ0n) is 13.8. The van der Waals surface area contributed by atoms with Gasteiger partial charge in [0.25, 0.3) is 5.91 Å². The Labute approximate surface area is 144 Å². The van der Waals surface area contributed by atoms with E-state index in [1.807, 2.05) is 6.07 Å². The van der Waals surface area contributed by atoms with Crippen molar-refractivity contribution < 1.29 is 13.6 Å². The first-order valence-corrected chi connectivity index (χ1v) is 8.08. The number of anilines is 1. The highest BCUT2D eigenvalue weighted by Gasteiger charge is 2.27. The molecule has 4 nitrogen and oxygen atoms in total. The van der Waals surface area contributed by atoms with Gasteiger partial charge in [-0.05, 0) is 60.6 Å². The summed E-state index contributed by atoms with van der Waals surface area (Å²) in [6, 6.07) is 5.91. The number of aryl methyl sites for hydroxylation is 1. The monoisotopic (exact) mass is 343 g/mol. The van der Waals surface area contributed by atoms with E-state index in [4.69, 9.17) is 11.1 Å². The van der Waals surface area contributed by atoms with Crippen molar-refractivity contribution in [2.75, 3.05) is 5.73 Å². The summed E-state index contributed by atoms with van der Waals surface area (Å²) < 4.78 is 26.9. The summed E-state index contributed by atoms with van der Waals surface area (Å²) in [6.07, 6.45) is 3.33. The molecular weight excluding hydrogens is 324 g/mol. The van der Waals surface area contributed by atoms with Crippen molar-refractivity contribution >= 4 is 17.8 Å². The summed E-state index contributed by atoms with van der Waals surface area (Å²) >= 11 is 0. The molecule has 2 aromatic rings. The van der Waals surface area contributed by atoms with Gasteiger partial charge < -0.3 is 16.5 Å². The van der Waals surface area contributed by atoms with Crippen LogP contribution in [-0.2, 0) is 6.54 Å². The van der Waals surface area contributed by atoms with Crippen molar-refractivity contribution in [1.82, 2.24) is 5.32 Å². The highest BCUT2D eigenvalue weighted by molar-refractivity contribution is 5.95. The van der Waals surface area contributed by atoms with Gasteiger partial charge in [-0.15, -0.1) is 0 Å². The molecule has 0 aliphatic heterocycles. The molecule has 0 heterocycles. The van der Waals surface area contributed by atoms with E-state index in [0.717, 1.165) is 30.0 Å². The van der Waals surface area contributed by atoms with Crippen LogP contribution in [0.15, 0.2) is 24.3 Å². The molecule has 0 spiro atoms. The lowest BCUT2D eigenvalue weighted by molar-refractivity contribution is 0.0950. The van der Waals surface area contributed by atoms with Crippen molar-refractivity contribution in [3.05, 3.63) is 63.7 Å². The molecule has 3 rings (SSSR count). The van der Waals surface area contributed by atoms with Crippen LogP contribution in [0.2, 0.25) is 0 Å². The number of nitrogens with one attached hydrogen (secondary N) is 2. The molecule has 1 aliphatic rings. The first-order chi connectivity index (χ1) is 11.9. The maximum absolute atomic E-state index is 13.5. The minimum Gasteiger partial charge on any atom is -0.398 e. The summed E-state index contributed by atoms with van der Waals surface area (Å²) in [7, 11) is 0. The third-order valence-corrected chi connectivity index (χ3v) is 4.49. The minimum atomic E-state index is -1.05. The Balaban J connectivity index is 1.85. The second-order valence-corrected chi connectivity index (χ2v) is 6.33. The SMILES string of the molecule is Cc1cc(C(=O)NCc2c(C3CC3)ccc(N)c2C=N)cc(F)c1F. The number of halogens is 2. The Morgan fingerprint density at radius 2 is 2.08 bits per heavy atom. The van der Waals surface area contributed by atoms with Crippen LogP contribution in [-0.4, -0.2) is 12.1 Å². The maximum atomic E-state index is 13.5. The largest absolute Gasteiger partial charge is 0.398 e. The molecule has 0 atom stereocenters. The average molecular weight is 343 g/mol. The Hall–Kier alpha value is -2.76. The number of amides is 1. The van der Waals surface area contributed by atoms with Gasteiger partial charge in [-0.3, -0.25) is 4.79 Å². The van der Waals surface area contributed by atoms with E-state index in [9.17, 15) is 13.6 Å². The first kappa shape index (κ1) is 17.1. The van der Waals surface area contributed by atoms with Crippen molar-refractivity contribution in [2.45, 2.75) is 32.2 Å². The zero-order chi connectivity index (χ0) is 18.1. The molecular formula is C19H19F2N3O. The molecule has 25 heavy (non-hydrogen) atoms. The molecule has 130 valence electrons. The number of benzene rings is 2. The highest BCUT2D eigenvalue weighted by Crippen LogP contribution is 2.43. The van der Waals surface area contributed by atoms with Crippen molar-refractivity contribution in [3.63, 3.8) is 0 Å². The Kier molecular flexibility index (Phi) is 4.53. The molecule has 1 aliphatic carbocycles. The van der Waals surface area contributed by atoms with E-state index < -0.39 is 17.5 Å². The number of hydrogen-bond acceptors (Lipinski definition) is 3. The van der Waals surface area contributed by atoms with Gasteiger partial charge >= 0.3 is 0 Å². The molecule has 6 heteroatoms. The second-order valence-electron chi connectivity index (χ2n) is 6.33. The quantitative estimate of drug-likeness (QED) is 0.572. The zero-order valence-corrected chi connectivity index (χ0v) is 13.8. The summed E-state index contributed by atoms with van der Waals surface area (Å²) in [6.45, 7) is 1.59. The lowest BCUT2D eigenvalue weighted by Crippen LogP contribution is -2.25. The molecule has 0 unspecified atom stereocenters. The summed E-state index contributed by atoms with van der Waals surface area (Å²) in [4.78, 5) is 12.3. The van der Waals surface area contributed by atoms with Crippen LogP contribution < -0.4 is 11.1 Å². The Bertz CT molecular complexity index is 837. The van der Waals surface area contributed by atoms with Gasteiger partial charge in [0.2, 0.25) is 0 Å². The minimum absolute atomic E-state index is 0.0599. The van der Waals surface area contributed by atoms with Crippen LogP contribution in [0.5, 0.6) is 0 Å². The van der Waals surface area contributed by atoms with Crippen LogP contribution >= 0.6 is 0 Å².